The zero-order valence-electron chi connectivity index (χ0n) is 22.2. The van der Waals surface area contributed by atoms with Crippen molar-refractivity contribution in [2.45, 2.75) is 0 Å². The van der Waals surface area contributed by atoms with E-state index < -0.39 is 0 Å². The summed E-state index contributed by atoms with van der Waals surface area (Å²) in [6.07, 6.45) is 0. The van der Waals surface area contributed by atoms with Crippen LogP contribution in [0.4, 0.5) is 11.4 Å². The van der Waals surface area contributed by atoms with Crippen molar-refractivity contribution >= 4 is 101 Å². The van der Waals surface area contributed by atoms with Crippen LogP contribution >= 0.6 is 45.2 Å². The molecule has 42 heavy (non-hydrogen) atoms. The van der Waals surface area contributed by atoms with Crippen LogP contribution in [0.25, 0.3) is 32.3 Å². The van der Waals surface area contributed by atoms with Crippen molar-refractivity contribution in [1.29, 1.82) is 0 Å². The third kappa shape index (κ3) is 5.92. The van der Waals surface area contributed by atoms with E-state index >= 15 is 0 Å². The van der Waals surface area contributed by atoms with Crippen LogP contribution in [0, 0.1) is 23.7 Å². The fraction of sp³-hybridized carbons (Fsp3) is 0.0556. The molecule has 0 heterocycles. The average molecular weight is 768 g/mol. The van der Waals surface area contributed by atoms with Gasteiger partial charge in [-0.05, 0) is 93.0 Å². The first-order valence-corrected chi connectivity index (χ1v) is 16.2. The molecule has 0 saturated heterocycles. The van der Waals surface area contributed by atoms with Crippen LogP contribution in [0.3, 0.4) is 0 Å². The molecule has 0 aliphatic rings. The van der Waals surface area contributed by atoms with Crippen LogP contribution < -0.4 is 10.6 Å². The molecule has 0 aliphatic heterocycles. The smallest absolute Gasteiger partial charge is 0.234 e. The van der Waals surface area contributed by atoms with E-state index in [1.165, 1.54) is 21.5 Å². The molecule has 0 aromatic heterocycles. The highest BCUT2D eigenvalue weighted by atomic mass is 127. The largest absolute Gasteiger partial charge is 0.325 e. The van der Waals surface area contributed by atoms with Crippen molar-refractivity contribution in [3.8, 4) is 23.7 Å². The molecule has 0 spiro atoms. The van der Waals surface area contributed by atoms with Gasteiger partial charge < -0.3 is 10.6 Å². The quantitative estimate of drug-likeness (QED) is 0.0825. The van der Waals surface area contributed by atoms with E-state index in [0.29, 0.717) is 8.86 Å². The lowest BCUT2D eigenvalue weighted by Crippen LogP contribution is -2.11. The number of halogens is 2. The lowest BCUT2D eigenvalue weighted by molar-refractivity contribution is -0.114. The molecule has 2 N–H and O–H groups in total. The maximum Gasteiger partial charge on any atom is 0.234 e. The standard InChI is InChI=1S/C36H22I2N2O2/c37-21-33(41)39-29-15-3-23(4-16-29)1-7-25-9-11-27-14-20-32-26(10-12-28-13-19-31(25)35(27)36(28)32)8-2-24-5-17-30(18-6-24)40-34(42)22-38/h3-6,9-20H,21-22H2,(H,39,41)(H,40,42). The molecule has 2 amide bonds. The van der Waals surface area contributed by atoms with Gasteiger partial charge in [0, 0.05) is 33.6 Å². The van der Waals surface area contributed by atoms with E-state index in [0.717, 1.165) is 44.4 Å². The predicted molar refractivity (Wildman–Crippen MR) is 190 cm³/mol. The molecule has 6 rings (SSSR count). The Bertz CT molecular complexity index is 1940. The zero-order chi connectivity index (χ0) is 29.1. The number of benzene rings is 6. The Hall–Kier alpha value is -4.12. The molecule has 0 bridgehead atoms. The van der Waals surface area contributed by atoms with Crippen molar-refractivity contribution in [2.24, 2.45) is 0 Å². The van der Waals surface area contributed by atoms with Crippen molar-refractivity contribution in [3.63, 3.8) is 0 Å². The fourth-order valence-corrected chi connectivity index (χ4v) is 5.34. The second-order valence-corrected chi connectivity index (χ2v) is 11.2. The molecule has 202 valence electrons. The highest BCUT2D eigenvalue weighted by molar-refractivity contribution is 14.1. The maximum atomic E-state index is 11.7. The van der Waals surface area contributed by atoms with Crippen LogP contribution in [-0.4, -0.2) is 20.7 Å². The Morgan fingerprint density at radius 3 is 1.26 bits per heavy atom. The Labute approximate surface area is 270 Å². The normalized spacial score (nSPS) is 10.6. The van der Waals surface area contributed by atoms with Gasteiger partial charge in [-0.25, -0.2) is 0 Å². The van der Waals surface area contributed by atoms with Crippen molar-refractivity contribution in [1.82, 2.24) is 0 Å². The summed E-state index contributed by atoms with van der Waals surface area (Å²) < 4.78 is 0.827. The van der Waals surface area contributed by atoms with Crippen molar-refractivity contribution in [2.75, 3.05) is 19.5 Å². The summed E-state index contributed by atoms with van der Waals surface area (Å²) in [5.74, 6) is 13.3. The molecule has 6 aromatic rings. The first-order valence-electron chi connectivity index (χ1n) is 13.2. The first-order chi connectivity index (χ1) is 20.5. The van der Waals surface area contributed by atoms with E-state index in [-0.39, 0.29) is 11.8 Å². The molecule has 0 aliphatic carbocycles. The van der Waals surface area contributed by atoms with Gasteiger partial charge in [0.05, 0.1) is 8.86 Å². The summed E-state index contributed by atoms with van der Waals surface area (Å²) in [4.78, 5) is 23.3. The van der Waals surface area contributed by atoms with Gasteiger partial charge in [-0.3, -0.25) is 9.59 Å². The van der Waals surface area contributed by atoms with Gasteiger partial charge in [-0.15, -0.1) is 0 Å². The molecular formula is C36H22I2N2O2. The lowest BCUT2D eigenvalue weighted by Gasteiger charge is -2.13. The summed E-state index contributed by atoms with van der Waals surface area (Å²) in [7, 11) is 0. The highest BCUT2D eigenvalue weighted by Crippen LogP contribution is 2.37. The number of rotatable bonds is 4. The SMILES string of the molecule is O=C(CI)Nc1ccc(C#Cc2ccc3ccc4c(C#Cc5ccc(NC(=O)CI)cc5)ccc5ccc2c3c54)cc1. The number of amides is 2. The van der Waals surface area contributed by atoms with E-state index in [9.17, 15) is 9.59 Å². The van der Waals surface area contributed by atoms with Gasteiger partial charge in [-0.1, -0.05) is 105 Å². The number of carbonyl (C=O) groups is 2. The van der Waals surface area contributed by atoms with Crippen LogP contribution in [0.5, 0.6) is 0 Å². The molecule has 0 radical (unpaired) electrons. The molecular weight excluding hydrogens is 746 g/mol. The van der Waals surface area contributed by atoms with Gasteiger partial charge in [0.1, 0.15) is 0 Å². The average Bonchev–Trinajstić information content (AvgIpc) is 3.03. The Balaban J connectivity index is 1.35. The fourth-order valence-electron chi connectivity index (χ4n) is 4.96. The molecule has 6 heteroatoms. The van der Waals surface area contributed by atoms with Crippen LogP contribution in [0.2, 0.25) is 0 Å². The Morgan fingerprint density at radius 2 is 0.881 bits per heavy atom. The van der Waals surface area contributed by atoms with E-state index in [4.69, 9.17) is 0 Å². The van der Waals surface area contributed by atoms with Crippen LogP contribution in [-0.2, 0) is 9.59 Å². The summed E-state index contributed by atoms with van der Waals surface area (Å²) >= 11 is 4.09. The Morgan fingerprint density at radius 1 is 0.500 bits per heavy atom. The lowest BCUT2D eigenvalue weighted by atomic mass is 9.90. The van der Waals surface area contributed by atoms with E-state index in [1.807, 2.05) is 93.7 Å². The molecule has 0 atom stereocenters. The maximum absolute atomic E-state index is 11.7. The molecule has 4 nitrogen and oxygen atoms in total. The number of hydrogen-bond acceptors (Lipinski definition) is 2. The minimum absolute atomic E-state index is 0.0234. The third-order valence-corrected chi connectivity index (χ3v) is 8.31. The predicted octanol–water partition coefficient (Wildman–Crippen LogP) is 8.13. The second kappa shape index (κ2) is 12.4. The monoisotopic (exact) mass is 768 g/mol. The number of anilines is 2. The van der Waals surface area contributed by atoms with Crippen LogP contribution in [0.15, 0.2) is 97.1 Å². The first kappa shape index (κ1) is 28.0. The van der Waals surface area contributed by atoms with Crippen molar-refractivity contribution < 1.29 is 9.59 Å². The molecule has 6 aromatic carbocycles. The minimum atomic E-state index is -0.0234. The van der Waals surface area contributed by atoms with E-state index in [1.54, 1.807) is 0 Å². The van der Waals surface area contributed by atoms with E-state index in [2.05, 4.69) is 82.8 Å². The number of nitrogens with one attached hydrogen (secondary N) is 2. The Kier molecular flexibility index (Phi) is 8.27. The van der Waals surface area contributed by atoms with Gasteiger partial charge >= 0.3 is 0 Å². The summed E-state index contributed by atoms with van der Waals surface area (Å²) in [5.41, 5.74) is 5.22. The molecule has 0 saturated carbocycles. The van der Waals surface area contributed by atoms with Crippen LogP contribution in [0.1, 0.15) is 22.3 Å². The molecule has 0 fully saturated rings. The number of alkyl halides is 2. The number of hydrogen-bond donors (Lipinski definition) is 2. The zero-order valence-corrected chi connectivity index (χ0v) is 26.5. The van der Waals surface area contributed by atoms with Gasteiger partial charge in [-0.2, -0.15) is 0 Å². The van der Waals surface area contributed by atoms with Gasteiger partial charge in [0.15, 0.2) is 0 Å². The topological polar surface area (TPSA) is 58.2 Å². The second-order valence-electron chi connectivity index (χ2n) is 9.67. The molecule has 0 unspecified atom stereocenters. The summed E-state index contributed by atoms with van der Waals surface area (Å²) in [5, 5.41) is 12.6. The van der Waals surface area contributed by atoms with Gasteiger partial charge in [0.2, 0.25) is 11.8 Å². The third-order valence-electron chi connectivity index (χ3n) is 6.93. The van der Waals surface area contributed by atoms with Gasteiger partial charge in [0.25, 0.3) is 0 Å². The highest BCUT2D eigenvalue weighted by Gasteiger charge is 2.12. The summed E-state index contributed by atoms with van der Waals surface area (Å²) in [6, 6.07) is 32.2. The van der Waals surface area contributed by atoms with Crippen molar-refractivity contribution in [3.05, 3.63) is 119 Å². The summed E-state index contributed by atoms with van der Waals surface area (Å²) in [6.45, 7) is 0. The number of carbonyl (C=O) groups excluding carboxylic acids is 2. The minimum Gasteiger partial charge on any atom is -0.325 e.